The summed E-state index contributed by atoms with van der Waals surface area (Å²) in [6.45, 7) is 3.17. The third-order valence-corrected chi connectivity index (χ3v) is 3.03. The number of hydrogen-bond acceptors (Lipinski definition) is 4. The number of hydrogen-bond donors (Lipinski definition) is 2. The molecule has 1 aromatic carbocycles. The molecule has 5 heteroatoms. The summed E-state index contributed by atoms with van der Waals surface area (Å²) in [5, 5.41) is 10.6. The van der Waals surface area contributed by atoms with Crippen molar-refractivity contribution in [1.29, 1.82) is 0 Å². The number of nitrogens with two attached hydrogens (primary N) is 1. The monoisotopic (exact) mass is 261 g/mol. The summed E-state index contributed by atoms with van der Waals surface area (Å²) in [6, 6.07) is 7.07. The zero-order chi connectivity index (χ0) is 14.2. The predicted octanol–water partition coefficient (Wildman–Crippen LogP) is 0.880. The van der Waals surface area contributed by atoms with Crippen LogP contribution in [-0.4, -0.2) is 16.6 Å². The summed E-state index contributed by atoms with van der Waals surface area (Å²) < 4.78 is 5.18. The van der Waals surface area contributed by atoms with E-state index in [0.717, 1.165) is 10.9 Å². The molecule has 3 N–H and O–H groups in total. The highest BCUT2D eigenvalue weighted by Gasteiger charge is 2.29. The first kappa shape index (κ1) is 13.3. The van der Waals surface area contributed by atoms with Gasteiger partial charge < -0.3 is 15.3 Å². The van der Waals surface area contributed by atoms with Gasteiger partial charge in [-0.25, -0.2) is 4.79 Å². The minimum atomic E-state index is -1.77. The molecule has 19 heavy (non-hydrogen) atoms. The van der Waals surface area contributed by atoms with E-state index in [1.807, 2.05) is 19.1 Å². The number of fused-ring (bicyclic) bond motifs is 1. The van der Waals surface area contributed by atoms with Crippen LogP contribution in [0.5, 0.6) is 0 Å². The Balaban J connectivity index is 2.51. The highest BCUT2D eigenvalue weighted by Crippen LogP contribution is 2.18. The summed E-state index contributed by atoms with van der Waals surface area (Å²) in [7, 11) is 0. The van der Waals surface area contributed by atoms with E-state index < -0.39 is 17.1 Å². The maximum Gasteiger partial charge on any atom is 0.339 e. The van der Waals surface area contributed by atoms with E-state index in [1.165, 1.54) is 6.92 Å². The number of benzene rings is 1. The van der Waals surface area contributed by atoms with Gasteiger partial charge in [0.05, 0.1) is 0 Å². The van der Waals surface area contributed by atoms with Crippen molar-refractivity contribution in [3.05, 3.63) is 45.8 Å². The maximum absolute atomic E-state index is 11.8. The molecule has 0 spiro atoms. The molecule has 1 unspecified atom stereocenters. The maximum atomic E-state index is 11.8. The van der Waals surface area contributed by atoms with Gasteiger partial charge in [0.15, 0.2) is 0 Å². The molecule has 0 saturated heterocycles. The fourth-order valence-electron chi connectivity index (χ4n) is 1.84. The number of carbonyl (C=O) groups excluding carboxylic acids is 1. The third-order valence-electron chi connectivity index (χ3n) is 3.03. The molecule has 0 fully saturated rings. The standard InChI is InChI=1S/C14H15NO4/c1-8-3-4-9-6-10(7-14(2,18)13(15)17)12(16)19-11(9)5-8/h3-6,18H,7H2,1-2H3,(H2,15,17). The van der Waals surface area contributed by atoms with E-state index in [9.17, 15) is 14.7 Å². The van der Waals surface area contributed by atoms with Gasteiger partial charge in [-0.15, -0.1) is 0 Å². The van der Waals surface area contributed by atoms with Crippen molar-refractivity contribution in [2.45, 2.75) is 25.9 Å². The summed E-state index contributed by atoms with van der Waals surface area (Å²) in [4.78, 5) is 22.9. The molecule has 2 aromatic rings. The Kier molecular flexibility index (Phi) is 3.16. The molecular formula is C14H15NO4. The quantitative estimate of drug-likeness (QED) is 0.802. The van der Waals surface area contributed by atoms with Crippen molar-refractivity contribution in [3.8, 4) is 0 Å². The number of primary amides is 1. The molecule has 1 aromatic heterocycles. The van der Waals surface area contributed by atoms with E-state index >= 15 is 0 Å². The van der Waals surface area contributed by atoms with Crippen LogP contribution in [-0.2, 0) is 11.2 Å². The van der Waals surface area contributed by atoms with Gasteiger partial charge in [0.25, 0.3) is 0 Å². The molecule has 1 heterocycles. The highest BCUT2D eigenvalue weighted by atomic mass is 16.4. The van der Waals surface area contributed by atoms with Crippen LogP contribution >= 0.6 is 0 Å². The number of aliphatic hydroxyl groups is 1. The number of carbonyl (C=O) groups is 1. The van der Waals surface area contributed by atoms with Crippen LogP contribution in [0.1, 0.15) is 18.1 Å². The molecule has 1 amide bonds. The van der Waals surface area contributed by atoms with E-state index in [1.54, 1.807) is 12.1 Å². The van der Waals surface area contributed by atoms with Crippen LogP contribution in [0.25, 0.3) is 11.0 Å². The van der Waals surface area contributed by atoms with Crippen LogP contribution in [0.3, 0.4) is 0 Å². The molecule has 0 aliphatic heterocycles. The van der Waals surface area contributed by atoms with Crippen molar-refractivity contribution in [1.82, 2.24) is 0 Å². The Morgan fingerprint density at radius 1 is 1.42 bits per heavy atom. The van der Waals surface area contributed by atoms with Crippen LogP contribution in [0.4, 0.5) is 0 Å². The molecule has 100 valence electrons. The molecular weight excluding hydrogens is 246 g/mol. The van der Waals surface area contributed by atoms with E-state index in [-0.39, 0.29) is 12.0 Å². The fraction of sp³-hybridized carbons (Fsp3) is 0.286. The largest absolute Gasteiger partial charge is 0.423 e. The minimum Gasteiger partial charge on any atom is -0.423 e. The Morgan fingerprint density at radius 2 is 2.11 bits per heavy atom. The normalized spacial score (nSPS) is 14.3. The van der Waals surface area contributed by atoms with Gasteiger partial charge in [0.2, 0.25) is 5.91 Å². The molecule has 0 aliphatic rings. The van der Waals surface area contributed by atoms with Gasteiger partial charge >= 0.3 is 5.63 Å². The average Bonchev–Trinajstić information content (AvgIpc) is 2.30. The van der Waals surface area contributed by atoms with Gasteiger partial charge in [-0.05, 0) is 31.5 Å². The van der Waals surface area contributed by atoms with Crippen LogP contribution in [0.2, 0.25) is 0 Å². The van der Waals surface area contributed by atoms with E-state index in [0.29, 0.717) is 5.58 Å². The molecule has 0 aliphatic carbocycles. The Labute approximate surface area is 109 Å². The van der Waals surface area contributed by atoms with Crippen LogP contribution in [0, 0.1) is 6.92 Å². The average molecular weight is 261 g/mol. The lowest BCUT2D eigenvalue weighted by atomic mass is 9.96. The van der Waals surface area contributed by atoms with Crippen molar-refractivity contribution in [2.75, 3.05) is 0 Å². The van der Waals surface area contributed by atoms with Crippen LogP contribution < -0.4 is 11.4 Å². The van der Waals surface area contributed by atoms with E-state index in [2.05, 4.69) is 0 Å². The van der Waals surface area contributed by atoms with E-state index in [4.69, 9.17) is 10.2 Å². The van der Waals surface area contributed by atoms with Crippen molar-refractivity contribution in [3.63, 3.8) is 0 Å². The van der Waals surface area contributed by atoms with Gasteiger partial charge in [-0.1, -0.05) is 12.1 Å². The first-order valence-electron chi connectivity index (χ1n) is 5.85. The smallest absolute Gasteiger partial charge is 0.339 e. The summed E-state index contributed by atoms with van der Waals surface area (Å²) in [5.41, 5.74) is 4.42. The highest BCUT2D eigenvalue weighted by molar-refractivity contribution is 5.83. The van der Waals surface area contributed by atoms with Gasteiger partial charge in [0.1, 0.15) is 11.2 Å². The topological polar surface area (TPSA) is 93.5 Å². The second-order valence-corrected chi connectivity index (χ2v) is 4.92. The van der Waals surface area contributed by atoms with Crippen molar-refractivity contribution < 1.29 is 14.3 Å². The Bertz CT molecular complexity index is 700. The van der Waals surface area contributed by atoms with Gasteiger partial charge in [-0.2, -0.15) is 0 Å². The molecule has 1 atom stereocenters. The van der Waals surface area contributed by atoms with Gasteiger partial charge in [-0.3, -0.25) is 4.79 Å². The summed E-state index contributed by atoms with van der Waals surface area (Å²) >= 11 is 0. The predicted molar refractivity (Wildman–Crippen MR) is 70.7 cm³/mol. The molecule has 5 nitrogen and oxygen atoms in total. The zero-order valence-electron chi connectivity index (χ0n) is 10.8. The first-order chi connectivity index (χ1) is 8.79. The molecule has 2 rings (SSSR count). The summed E-state index contributed by atoms with van der Waals surface area (Å²) in [6.07, 6.45) is -0.172. The van der Waals surface area contributed by atoms with Crippen molar-refractivity contribution in [2.24, 2.45) is 5.73 Å². The molecule has 0 bridgehead atoms. The number of amides is 1. The lowest BCUT2D eigenvalue weighted by Crippen LogP contribution is -2.43. The molecule has 0 radical (unpaired) electrons. The SMILES string of the molecule is Cc1ccc2cc(CC(C)(O)C(N)=O)c(=O)oc2c1. The number of rotatable bonds is 3. The zero-order valence-corrected chi connectivity index (χ0v) is 10.8. The Hall–Kier alpha value is -2.14. The Morgan fingerprint density at radius 3 is 2.74 bits per heavy atom. The third kappa shape index (κ3) is 2.66. The minimum absolute atomic E-state index is 0.172. The lowest BCUT2D eigenvalue weighted by Gasteiger charge is -2.18. The lowest BCUT2D eigenvalue weighted by molar-refractivity contribution is -0.134. The second kappa shape index (κ2) is 4.51. The summed E-state index contributed by atoms with van der Waals surface area (Å²) in [5.74, 6) is -0.879. The van der Waals surface area contributed by atoms with Crippen LogP contribution in [0.15, 0.2) is 33.5 Å². The fourth-order valence-corrected chi connectivity index (χ4v) is 1.84. The first-order valence-corrected chi connectivity index (χ1v) is 5.85. The molecule has 0 saturated carbocycles. The van der Waals surface area contributed by atoms with Crippen molar-refractivity contribution >= 4 is 16.9 Å². The number of aryl methyl sites for hydroxylation is 1. The van der Waals surface area contributed by atoms with Gasteiger partial charge in [0, 0.05) is 17.4 Å². The second-order valence-electron chi connectivity index (χ2n) is 4.92.